The van der Waals surface area contributed by atoms with Gasteiger partial charge in [-0.15, -0.1) is 0 Å². The Morgan fingerprint density at radius 2 is 1.70 bits per heavy atom. The van der Waals surface area contributed by atoms with Crippen molar-refractivity contribution >= 4 is 23.7 Å². The zero-order valence-corrected chi connectivity index (χ0v) is 19.3. The normalized spacial score (nSPS) is 16.3. The average Bonchev–Trinajstić information content (AvgIpc) is 2.72. The second-order valence-corrected chi connectivity index (χ2v) is 9.47. The minimum Gasteiger partial charge on any atom is -0.480 e. The van der Waals surface area contributed by atoms with Crippen LogP contribution >= 0.6 is 0 Å². The highest BCUT2D eigenvalue weighted by Crippen LogP contribution is 2.27. The van der Waals surface area contributed by atoms with Crippen molar-refractivity contribution in [3.05, 3.63) is 39.9 Å². The molecule has 2 rings (SSSR count). The summed E-state index contributed by atoms with van der Waals surface area (Å²) in [6, 6.07) is 3.30. The van der Waals surface area contributed by atoms with Crippen LogP contribution in [0.5, 0.6) is 0 Å². The van der Waals surface area contributed by atoms with Gasteiger partial charge in [-0.25, -0.2) is 9.59 Å². The quantitative estimate of drug-likeness (QED) is 0.374. The summed E-state index contributed by atoms with van der Waals surface area (Å²) >= 11 is 0. The van der Waals surface area contributed by atoms with E-state index in [0.29, 0.717) is 12.0 Å². The lowest BCUT2D eigenvalue weighted by Crippen LogP contribution is -2.53. The van der Waals surface area contributed by atoms with Gasteiger partial charge in [-0.2, -0.15) is 0 Å². The van der Waals surface area contributed by atoms with Crippen LogP contribution in [0, 0.1) is 16.0 Å². The number of carbonyl (C=O) groups excluding carboxylic acids is 2. The second kappa shape index (κ2) is 11.6. The van der Waals surface area contributed by atoms with Gasteiger partial charge in [0.2, 0.25) is 5.91 Å². The first kappa shape index (κ1) is 26.1. The number of alkyl carbamates (subject to hydrolysis) is 1. The Labute approximate surface area is 193 Å². The standard InChI is InChI=1S/C23H33N3O7/c1-23(2,3)33-22(30)25-18(13-15-7-5-4-6-8-15)20(27)24-19(21(28)29)14-16-9-11-17(12-10-16)26(31)32/h9-12,15,18-19H,4-8,13-14H2,1-3H3,(H,24,27)(H,25,30)(H,28,29)/t18-,19-/m0/s1. The molecule has 0 radical (unpaired) electrons. The molecule has 2 atom stereocenters. The van der Waals surface area contributed by atoms with Crippen molar-refractivity contribution in [3.8, 4) is 0 Å². The molecule has 10 heteroatoms. The smallest absolute Gasteiger partial charge is 0.408 e. The van der Waals surface area contributed by atoms with Gasteiger partial charge in [0, 0.05) is 18.6 Å². The fourth-order valence-electron chi connectivity index (χ4n) is 3.90. The van der Waals surface area contributed by atoms with Crippen molar-refractivity contribution in [2.45, 2.75) is 83.4 Å². The maximum absolute atomic E-state index is 13.0. The average molecular weight is 464 g/mol. The number of amides is 2. The third-order valence-corrected chi connectivity index (χ3v) is 5.50. The summed E-state index contributed by atoms with van der Waals surface area (Å²) in [6.07, 6.45) is 4.77. The number of nitro benzene ring substituents is 1. The van der Waals surface area contributed by atoms with Crippen LogP contribution < -0.4 is 10.6 Å². The van der Waals surface area contributed by atoms with Gasteiger partial charge < -0.3 is 20.5 Å². The number of carboxylic acid groups (broad SMARTS) is 1. The van der Waals surface area contributed by atoms with Gasteiger partial charge in [-0.05, 0) is 38.7 Å². The number of hydrogen-bond donors (Lipinski definition) is 3. The van der Waals surface area contributed by atoms with Crippen LogP contribution in [0.15, 0.2) is 24.3 Å². The van der Waals surface area contributed by atoms with E-state index in [1.54, 1.807) is 20.8 Å². The molecule has 1 aromatic carbocycles. The van der Waals surface area contributed by atoms with Crippen LogP contribution in [0.25, 0.3) is 0 Å². The van der Waals surface area contributed by atoms with Crippen LogP contribution in [0.2, 0.25) is 0 Å². The minimum atomic E-state index is -1.26. The number of carboxylic acids is 1. The molecule has 0 spiro atoms. The molecule has 1 aromatic rings. The molecule has 0 aliphatic heterocycles. The number of rotatable bonds is 9. The van der Waals surface area contributed by atoms with E-state index in [4.69, 9.17) is 4.74 Å². The van der Waals surface area contributed by atoms with Crippen LogP contribution in [-0.2, 0) is 20.7 Å². The number of non-ortho nitro benzene ring substituents is 1. The lowest BCUT2D eigenvalue weighted by Gasteiger charge is -2.28. The van der Waals surface area contributed by atoms with E-state index in [1.165, 1.54) is 24.3 Å². The zero-order chi connectivity index (χ0) is 24.6. The zero-order valence-electron chi connectivity index (χ0n) is 19.3. The second-order valence-electron chi connectivity index (χ2n) is 9.47. The van der Waals surface area contributed by atoms with E-state index in [1.807, 2.05) is 0 Å². The molecule has 1 aliphatic rings. The highest BCUT2D eigenvalue weighted by Gasteiger charge is 2.31. The first-order valence-corrected chi connectivity index (χ1v) is 11.2. The van der Waals surface area contributed by atoms with Gasteiger partial charge in [0.05, 0.1) is 4.92 Å². The number of ether oxygens (including phenoxy) is 1. The molecule has 0 unspecified atom stereocenters. The van der Waals surface area contributed by atoms with Crippen molar-refractivity contribution in [1.82, 2.24) is 10.6 Å². The Morgan fingerprint density at radius 1 is 1.09 bits per heavy atom. The van der Waals surface area contributed by atoms with Gasteiger partial charge in [0.25, 0.3) is 5.69 Å². The Balaban J connectivity index is 2.10. The van der Waals surface area contributed by atoms with E-state index in [-0.39, 0.29) is 18.0 Å². The highest BCUT2D eigenvalue weighted by molar-refractivity contribution is 5.89. The minimum absolute atomic E-state index is 0.0539. The molecular weight excluding hydrogens is 430 g/mol. The first-order valence-electron chi connectivity index (χ1n) is 11.2. The SMILES string of the molecule is CC(C)(C)OC(=O)N[C@@H](CC1CCCCC1)C(=O)N[C@@H](Cc1ccc([N+](=O)[O-])cc1)C(=O)O. The molecule has 0 aromatic heterocycles. The maximum atomic E-state index is 13.0. The summed E-state index contributed by atoms with van der Waals surface area (Å²) < 4.78 is 5.28. The van der Waals surface area contributed by atoms with Crippen molar-refractivity contribution in [3.63, 3.8) is 0 Å². The molecule has 1 aliphatic carbocycles. The van der Waals surface area contributed by atoms with E-state index in [9.17, 15) is 29.6 Å². The lowest BCUT2D eigenvalue weighted by molar-refractivity contribution is -0.384. The van der Waals surface area contributed by atoms with E-state index < -0.39 is 40.6 Å². The van der Waals surface area contributed by atoms with Crippen LogP contribution in [0.3, 0.4) is 0 Å². The molecule has 182 valence electrons. The monoisotopic (exact) mass is 463 g/mol. The van der Waals surface area contributed by atoms with Gasteiger partial charge in [0.15, 0.2) is 0 Å². The number of nitrogens with one attached hydrogen (secondary N) is 2. The lowest BCUT2D eigenvalue weighted by atomic mass is 9.84. The number of benzene rings is 1. The van der Waals surface area contributed by atoms with Crippen LogP contribution in [0.1, 0.15) is 64.9 Å². The van der Waals surface area contributed by atoms with Crippen LogP contribution in [-0.4, -0.2) is 45.7 Å². The topological polar surface area (TPSA) is 148 Å². The van der Waals surface area contributed by atoms with Gasteiger partial charge in [-0.3, -0.25) is 14.9 Å². The number of carbonyl (C=O) groups is 3. The molecule has 3 N–H and O–H groups in total. The largest absolute Gasteiger partial charge is 0.480 e. The maximum Gasteiger partial charge on any atom is 0.408 e. The number of aliphatic carboxylic acids is 1. The highest BCUT2D eigenvalue weighted by atomic mass is 16.6. The van der Waals surface area contributed by atoms with Crippen molar-refractivity contribution in [2.75, 3.05) is 0 Å². The van der Waals surface area contributed by atoms with Crippen molar-refractivity contribution < 1.29 is 29.2 Å². The Hall–Kier alpha value is -3.17. The predicted molar refractivity (Wildman–Crippen MR) is 121 cm³/mol. The fraction of sp³-hybridized carbons (Fsp3) is 0.609. The Bertz CT molecular complexity index is 843. The van der Waals surface area contributed by atoms with E-state index >= 15 is 0 Å². The molecule has 1 fully saturated rings. The molecule has 2 amide bonds. The molecule has 33 heavy (non-hydrogen) atoms. The fourth-order valence-corrected chi connectivity index (χ4v) is 3.90. The van der Waals surface area contributed by atoms with E-state index in [0.717, 1.165) is 32.1 Å². The number of hydrogen-bond acceptors (Lipinski definition) is 6. The number of nitrogens with zero attached hydrogens (tertiary/aromatic N) is 1. The first-order chi connectivity index (χ1) is 15.4. The van der Waals surface area contributed by atoms with Crippen molar-refractivity contribution in [1.29, 1.82) is 0 Å². The van der Waals surface area contributed by atoms with Gasteiger partial charge >= 0.3 is 12.1 Å². The predicted octanol–water partition coefficient (Wildman–Crippen LogP) is 3.57. The summed E-state index contributed by atoms with van der Waals surface area (Å²) in [6.45, 7) is 5.15. The summed E-state index contributed by atoms with van der Waals surface area (Å²) in [5, 5.41) is 25.6. The van der Waals surface area contributed by atoms with Gasteiger partial charge in [0.1, 0.15) is 17.7 Å². The molecule has 0 bridgehead atoms. The summed E-state index contributed by atoms with van der Waals surface area (Å²) in [5.41, 5.74) is -0.323. The Morgan fingerprint density at radius 3 is 2.21 bits per heavy atom. The summed E-state index contributed by atoms with van der Waals surface area (Å²) in [7, 11) is 0. The van der Waals surface area contributed by atoms with Gasteiger partial charge in [-0.1, -0.05) is 44.2 Å². The third kappa shape index (κ3) is 9.07. The third-order valence-electron chi connectivity index (χ3n) is 5.50. The summed E-state index contributed by atoms with van der Waals surface area (Å²) in [4.78, 5) is 47.4. The molecular formula is C23H33N3O7. The molecule has 0 saturated heterocycles. The Kier molecular flexibility index (Phi) is 9.19. The van der Waals surface area contributed by atoms with E-state index in [2.05, 4.69) is 10.6 Å². The molecule has 1 saturated carbocycles. The van der Waals surface area contributed by atoms with Crippen molar-refractivity contribution in [2.24, 2.45) is 5.92 Å². The number of nitro groups is 1. The molecule has 0 heterocycles. The summed E-state index contributed by atoms with van der Waals surface area (Å²) in [5.74, 6) is -1.58. The van der Waals surface area contributed by atoms with Crippen LogP contribution in [0.4, 0.5) is 10.5 Å². The molecule has 10 nitrogen and oxygen atoms in total.